The van der Waals surface area contributed by atoms with Gasteiger partial charge in [-0.15, -0.1) is 12.4 Å². The van der Waals surface area contributed by atoms with Gasteiger partial charge in [0.1, 0.15) is 12.4 Å². The lowest BCUT2D eigenvalue weighted by atomic mass is 10.0. The van der Waals surface area contributed by atoms with Gasteiger partial charge >= 0.3 is 5.97 Å². The maximum Gasteiger partial charge on any atom is 0.323 e. The Morgan fingerprint density at radius 3 is 2.83 bits per heavy atom. The molecule has 8 heteroatoms. The predicted molar refractivity (Wildman–Crippen MR) is 88.7 cm³/mol. The van der Waals surface area contributed by atoms with E-state index in [0.29, 0.717) is 24.7 Å². The predicted octanol–water partition coefficient (Wildman–Crippen LogP) is 0.875. The van der Waals surface area contributed by atoms with Crippen LogP contribution in [-0.4, -0.2) is 69.6 Å². The van der Waals surface area contributed by atoms with Crippen molar-refractivity contribution in [2.75, 3.05) is 27.2 Å². The van der Waals surface area contributed by atoms with Crippen molar-refractivity contribution in [3.05, 3.63) is 18.2 Å². The summed E-state index contributed by atoms with van der Waals surface area (Å²) in [6.07, 6.45) is 6.21. The van der Waals surface area contributed by atoms with Crippen molar-refractivity contribution in [3.63, 3.8) is 0 Å². The first-order valence-corrected chi connectivity index (χ1v) is 7.63. The Morgan fingerprint density at radius 1 is 1.43 bits per heavy atom. The molecular weight excluding hydrogens is 320 g/mol. The SMILES string of the molecule is CN(C)[C@@H]1CCCN(C(=O)CCc2nccn2CC(=O)O)C1.Cl. The Morgan fingerprint density at radius 2 is 2.17 bits per heavy atom. The fourth-order valence-electron chi connectivity index (χ4n) is 2.84. The van der Waals surface area contributed by atoms with Crippen LogP contribution in [0.3, 0.4) is 0 Å². The average molecular weight is 345 g/mol. The summed E-state index contributed by atoms with van der Waals surface area (Å²) in [7, 11) is 4.09. The molecule has 1 aromatic heterocycles. The van der Waals surface area contributed by atoms with Crippen LogP contribution in [0.15, 0.2) is 12.4 Å². The Kier molecular flexibility index (Phi) is 7.51. The second kappa shape index (κ2) is 8.88. The summed E-state index contributed by atoms with van der Waals surface area (Å²) in [5.74, 6) is -0.135. The first-order valence-electron chi connectivity index (χ1n) is 7.63. The van der Waals surface area contributed by atoms with Gasteiger partial charge in [-0.05, 0) is 26.9 Å². The number of halogens is 1. The van der Waals surface area contributed by atoms with E-state index in [1.54, 1.807) is 17.0 Å². The molecule has 0 aliphatic carbocycles. The summed E-state index contributed by atoms with van der Waals surface area (Å²) in [4.78, 5) is 31.4. The van der Waals surface area contributed by atoms with Crippen LogP contribution in [0.2, 0.25) is 0 Å². The number of piperidine rings is 1. The number of imidazole rings is 1. The minimum Gasteiger partial charge on any atom is -0.480 e. The molecule has 1 saturated heterocycles. The second-order valence-corrected chi connectivity index (χ2v) is 5.96. The number of carboxylic acid groups (broad SMARTS) is 1. The van der Waals surface area contributed by atoms with Gasteiger partial charge in [-0.1, -0.05) is 0 Å². The van der Waals surface area contributed by atoms with Crippen LogP contribution >= 0.6 is 12.4 Å². The van der Waals surface area contributed by atoms with Crippen molar-refractivity contribution in [2.45, 2.75) is 38.3 Å². The van der Waals surface area contributed by atoms with E-state index in [0.717, 1.165) is 25.9 Å². The summed E-state index contributed by atoms with van der Waals surface area (Å²) in [5.41, 5.74) is 0. The number of likely N-dealkylation sites (tertiary alicyclic amines) is 1. The van der Waals surface area contributed by atoms with Gasteiger partial charge in [-0.25, -0.2) is 4.98 Å². The molecule has 1 fully saturated rings. The van der Waals surface area contributed by atoms with Crippen molar-refractivity contribution >= 4 is 24.3 Å². The zero-order valence-corrected chi connectivity index (χ0v) is 14.5. The molecule has 23 heavy (non-hydrogen) atoms. The van der Waals surface area contributed by atoms with Crippen LogP contribution in [0.4, 0.5) is 0 Å². The van der Waals surface area contributed by atoms with Crippen molar-refractivity contribution < 1.29 is 14.7 Å². The monoisotopic (exact) mass is 344 g/mol. The number of carbonyl (C=O) groups excluding carboxylic acids is 1. The number of aryl methyl sites for hydroxylation is 1. The molecule has 0 radical (unpaired) electrons. The van der Waals surface area contributed by atoms with E-state index in [1.807, 2.05) is 19.0 Å². The van der Waals surface area contributed by atoms with E-state index in [-0.39, 0.29) is 24.9 Å². The molecule has 130 valence electrons. The highest BCUT2D eigenvalue weighted by Crippen LogP contribution is 2.15. The van der Waals surface area contributed by atoms with Crippen LogP contribution in [-0.2, 0) is 22.6 Å². The highest BCUT2D eigenvalue weighted by molar-refractivity contribution is 5.85. The molecule has 2 rings (SSSR count). The third kappa shape index (κ3) is 5.51. The maximum atomic E-state index is 12.3. The number of hydrogen-bond acceptors (Lipinski definition) is 4. The minimum absolute atomic E-state index is 0. The summed E-state index contributed by atoms with van der Waals surface area (Å²) in [6, 6.07) is 0.423. The molecular formula is C15H25ClN4O3. The number of carbonyl (C=O) groups is 2. The second-order valence-electron chi connectivity index (χ2n) is 5.96. The Hall–Kier alpha value is -1.60. The molecule has 1 aliphatic heterocycles. The molecule has 0 aromatic carbocycles. The molecule has 0 spiro atoms. The van der Waals surface area contributed by atoms with Gasteiger partial charge in [0, 0.05) is 44.4 Å². The topological polar surface area (TPSA) is 78.7 Å². The summed E-state index contributed by atoms with van der Waals surface area (Å²) in [6.45, 7) is 1.47. The average Bonchev–Trinajstić information content (AvgIpc) is 2.91. The fourth-order valence-corrected chi connectivity index (χ4v) is 2.84. The van der Waals surface area contributed by atoms with Crippen LogP contribution in [0.1, 0.15) is 25.1 Å². The van der Waals surface area contributed by atoms with Crippen LogP contribution in [0.5, 0.6) is 0 Å². The molecule has 1 atom stereocenters. The Labute approximate surface area is 142 Å². The summed E-state index contributed by atoms with van der Waals surface area (Å²) >= 11 is 0. The molecule has 2 heterocycles. The lowest BCUT2D eigenvalue weighted by Gasteiger charge is -2.36. The van der Waals surface area contributed by atoms with E-state index in [1.165, 1.54) is 0 Å². The molecule has 1 aliphatic rings. The van der Waals surface area contributed by atoms with Crippen molar-refractivity contribution in [2.24, 2.45) is 0 Å². The Balaban J connectivity index is 0.00000264. The lowest BCUT2D eigenvalue weighted by molar-refractivity contribution is -0.137. The summed E-state index contributed by atoms with van der Waals surface area (Å²) < 4.78 is 1.58. The lowest BCUT2D eigenvalue weighted by Crippen LogP contribution is -2.47. The first-order chi connectivity index (χ1) is 10.5. The van der Waals surface area contributed by atoms with Crippen molar-refractivity contribution in [3.8, 4) is 0 Å². The first kappa shape index (κ1) is 19.4. The van der Waals surface area contributed by atoms with Crippen molar-refractivity contribution in [1.82, 2.24) is 19.4 Å². The third-order valence-electron chi connectivity index (χ3n) is 4.15. The third-order valence-corrected chi connectivity index (χ3v) is 4.15. The van der Waals surface area contributed by atoms with Crippen LogP contribution < -0.4 is 0 Å². The largest absolute Gasteiger partial charge is 0.480 e. The van der Waals surface area contributed by atoms with E-state index in [2.05, 4.69) is 9.88 Å². The molecule has 0 bridgehead atoms. The zero-order valence-electron chi connectivity index (χ0n) is 13.6. The molecule has 0 saturated carbocycles. The molecule has 7 nitrogen and oxygen atoms in total. The number of carboxylic acids is 1. The van der Waals surface area contributed by atoms with E-state index >= 15 is 0 Å². The number of aromatic nitrogens is 2. The Bertz CT molecular complexity index is 533. The number of amides is 1. The standard InChI is InChI=1S/C15H24N4O3.ClH/c1-17(2)12-4-3-8-19(10-12)14(20)6-5-13-16-7-9-18(13)11-15(21)22;/h7,9,12H,3-6,8,10-11H2,1-2H3,(H,21,22);1H/t12-;/m1./s1. The normalized spacial score (nSPS) is 17.9. The smallest absolute Gasteiger partial charge is 0.323 e. The van der Waals surface area contributed by atoms with Crippen LogP contribution in [0, 0.1) is 0 Å². The van der Waals surface area contributed by atoms with E-state index in [4.69, 9.17) is 5.11 Å². The number of aliphatic carboxylic acids is 1. The van der Waals surface area contributed by atoms with Gasteiger partial charge in [0.15, 0.2) is 0 Å². The molecule has 0 unspecified atom stereocenters. The summed E-state index contributed by atoms with van der Waals surface area (Å²) in [5, 5.41) is 8.84. The number of nitrogens with zero attached hydrogens (tertiary/aromatic N) is 4. The van der Waals surface area contributed by atoms with Gasteiger partial charge in [0.25, 0.3) is 0 Å². The number of hydrogen-bond donors (Lipinski definition) is 1. The number of likely N-dealkylation sites (N-methyl/N-ethyl adjacent to an activating group) is 1. The van der Waals surface area contributed by atoms with Gasteiger partial charge in [-0.2, -0.15) is 0 Å². The van der Waals surface area contributed by atoms with E-state index < -0.39 is 5.97 Å². The van der Waals surface area contributed by atoms with Gasteiger partial charge in [-0.3, -0.25) is 9.59 Å². The van der Waals surface area contributed by atoms with Gasteiger partial charge in [0.2, 0.25) is 5.91 Å². The highest BCUT2D eigenvalue weighted by Gasteiger charge is 2.24. The maximum absolute atomic E-state index is 12.3. The highest BCUT2D eigenvalue weighted by atomic mass is 35.5. The fraction of sp³-hybridized carbons (Fsp3) is 0.667. The van der Waals surface area contributed by atoms with E-state index in [9.17, 15) is 9.59 Å². The molecule has 1 N–H and O–H groups in total. The molecule has 1 amide bonds. The van der Waals surface area contributed by atoms with Gasteiger partial charge < -0.3 is 19.5 Å². The minimum atomic E-state index is -0.907. The zero-order chi connectivity index (χ0) is 16.1. The van der Waals surface area contributed by atoms with Crippen LogP contribution in [0.25, 0.3) is 0 Å². The number of rotatable bonds is 6. The molecule has 1 aromatic rings. The van der Waals surface area contributed by atoms with Gasteiger partial charge in [0.05, 0.1) is 0 Å². The van der Waals surface area contributed by atoms with Crippen molar-refractivity contribution in [1.29, 1.82) is 0 Å². The quantitative estimate of drug-likeness (QED) is 0.828.